The summed E-state index contributed by atoms with van der Waals surface area (Å²) in [6.07, 6.45) is 0.988. The number of benzene rings is 1. The lowest BCUT2D eigenvalue weighted by atomic mass is 9.59. The minimum Gasteiger partial charge on any atom is -0.454 e. The molecule has 5 rings (SSSR count). The van der Waals surface area contributed by atoms with Gasteiger partial charge in [-0.25, -0.2) is 4.79 Å². The summed E-state index contributed by atoms with van der Waals surface area (Å²) in [5.41, 5.74) is -2.17. The van der Waals surface area contributed by atoms with E-state index in [9.17, 15) is 29.7 Å². The molecule has 1 aromatic rings. The van der Waals surface area contributed by atoms with Crippen LogP contribution in [0.15, 0.2) is 47.6 Å². The third-order valence-electron chi connectivity index (χ3n) is 9.96. The van der Waals surface area contributed by atoms with E-state index >= 15 is 0 Å². The smallest absolute Gasteiger partial charge is 0.340 e. The van der Waals surface area contributed by atoms with Crippen LogP contribution in [-0.4, -0.2) is 70.1 Å². The van der Waals surface area contributed by atoms with Crippen molar-refractivity contribution in [3.05, 3.63) is 53.1 Å². The highest BCUT2D eigenvalue weighted by Crippen LogP contribution is 2.77. The van der Waals surface area contributed by atoms with E-state index in [4.69, 9.17) is 9.47 Å². The molecule has 0 spiro atoms. The van der Waals surface area contributed by atoms with E-state index in [1.54, 1.807) is 57.3 Å². The number of allylic oxidation sites excluding steroid dienone is 1. The largest absolute Gasteiger partial charge is 0.454 e. The lowest BCUT2D eigenvalue weighted by Crippen LogP contribution is -2.64. The van der Waals surface area contributed by atoms with Gasteiger partial charge in [-0.1, -0.05) is 45.1 Å². The topological polar surface area (TPSA) is 142 Å². The monoisotopic (exact) mass is 539 g/mol. The van der Waals surface area contributed by atoms with Crippen LogP contribution in [0.25, 0.3) is 0 Å². The Morgan fingerprint density at radius 3 is 2.41 bits per heavy atom. The molecule has 0 bridgehead atoms. The second-order valence-corrected chi connectivity index (χ2v) is 12.0. The number of carbonyl (C=O) groups excluding carboxylic acids is 3. The number of para-hydroxylation sites is 1. The Labute approximate surface area is 227 Å². The number of nitrogens with one attached hydrogen (secondary N) is 1. The predicted octanol–water partition coefficient (Wildman–Crippen LogP) is 2.26. The number of hydrogen-bond donors (Lipinski definition) is 4. The van der Waals surface area contributed by atoms with Crippen LogP contribution in [-0.2, 0) is 19.1 Å². The average Bonchev–Trinajstić information content (AvgIpc) is 3.24. The van der Waals surface area contributed by atoms with Gasteiger partial charge < -0.3 is 30.1 Å². The molecule has 9 atom stereocenters. The number of ether oxygens (including phenoxy) is 2. The van der Waals surface area contributed by atoms with E-state index < -0.39 is 77.0 Å². The van der Waals surface area contributed by atoms with Gasteiger partial charge >= 0.3 is 11.9 Å². The van der Waals surface area contributed by atoms with Crippen molar-refractivity contribution < 1.29 is 39.2 Å². The van der Waals surface area contributed by atoms with Gasteiger partial charge in [0.1, 0.15) is 6.10 Å². The van der Waals surface area contributed by atoms with Crippen LogP contribution in [0.4, 0.5) is 5.69 Å². The quantitative estimate of drug-likeness (QED) is 0.327. The molecule has 0 aromatic heterocycles. The van der Waals surface area contributed by atoms with Gasteiger partial charge in [-0.3, -0.25) is 9.59 Å². The van der Waals surface area contributed by atoms with Crippen molar-refractivity contribution in [3.8, 4) is 0 Å². The zero-order valence-electron chi connectivity index (χ0n) is 23.1. The van der Waals surface area contributed by atoms with Gasteiger partial charge in [-0.2, -0.15) is 0 Å². The number of rotatable bonds is 5. The van der Waals surface area contributed by atoms with Gasteiger partial charge in [0.15, 0.2) is 11.4 Å². The molecule has 9 heteroatoms. The number of ketones is 1. The maximum atomic E-state index is 13.6. The first kappa shape index (κ1) is 27.6. The molecule has 210 valence electrons. The molecule has 39 heavy (non-hydrogen) atoms. The predicted molar refractivity (Wildman–Crippen MR) is 141 cm³/mol. The van der Waals surface area contributed by atoms with Crippen LogP contribution in [0.2, 0.25) is 0 Å². The van der Waals surface area contributed by atoms with Gasteiger partial charge in [-0.15, -0.1) is 0 Å². The molecule has 4 N–H and O–H groups in total. The number of anilines is 1. The zero-order valence-corrected chi connectivity index (χ0v) is 23.1. The summed E-state index contributed by atoms with van der Waals surface area (Å²) in [6.45, 7) is 7.97. The van der Waals surface area contributed by atoms with Gasteiger partial charge in [0, 0.05) is 48.7 Å². The number of Topliss-reactive ketones (excluding diaryl/α,β-unsaturated/α-hetero) is 1. The summed E-state index contributed by atoms with van der Waals surface area (Å²) < 4.78 is 12.3. The molecule has 0 aliphatic heterocycles. The van der Waals surface area contributed by atoms with E-state index in [2.05, 4.69) is 5.32 Å². The van der Waals surface area contributed by atoms with E-state index in [1.807, 2.05) is 13.8 Å². The third kappa shape index (κ3) is 3.52. The van der Waals surface area contributed by atoms with Gasteiger partial charge in [0.2, 0.25) is 0 Å². The van der Waals surface area contributed by atoms with Crippen molar-refractivity contribution in [3.63, 3.8) is 0 Å². The van der Waals surface area contributed by atoms with Gasteiger partial charge in [0.25, 0.3) is 0 Å². The second-order valence-electron chi connectivity index (χ2n) is 12.0. The minimum atomic E-state index is -1.66. The second kappa shape index (κ2) is 9.01. The standard InChI is InChI=1S/C30H37NO8/c1-14-11-19-22(23(14)34)24(35)17(13-32)12-20-25-28(4,5)30(25,39-16(3)33)26(15(2)29(19,20)37)38-27(36)18-9-7-8-10-21(18)31-6/h7-12,15,19-20,22,24-26,31-32,35,37H,13H2,1-6H3/t15-,19+,20+,22+,24-,25-,26-,29+,30-/m1/s1. The minimum absolute atomic E-state index is 0.243. The first-order valence-electron chi connectivity index (χ1n) is 13.4. The van der Waals surface area contributed by atoms with E-state index in [-0.39, 0.29) is 16.9 Å². The highest BCUT2D eigenvalue weighted by molar-refractivity contribution is 6.00. The van der Waals surface area contributed by atoms with Crippen molar-refractivity contribution in [1.82, 2.24) is 0 Å². The van der Waals surface area contributed by atoms with Crippen LogP contribution >= 0.6 is 0 Å². The summed E-state index contributed by atoms with van der Waals surface area (Å²) in [5.74, 6) is -5.34. The summed E-state index contributed by atoms with van der Waals surface area (Å²) in [7, 11) is 1.69. The number of esters is 2. The fourth-order valence-electron chi connectivity index (χ4n) is 8.08. The lowest BCUT2D eigenvalue weighted by molar-refractivity contribution is -0.208. The number of carbonyl (C=O) groups is 3. The molecule has 4 aliphatic rings. The van der Waals surface area contributed by atoms with E-state index in [0.717, 1.165) is 0 Å². The molecular weight excluding hydrogens is 502 g/mol. The molecule has 4 aliphatic carbocycles. The summed E-state index contributed by atoms with van der Waals surface area (Å²) in [6, 6.07) is 6.87. The fourth-order valence-corrected chi connectivity index (χ4v) is 8.08. The Morgan fingerprint density at radius 1 is 1.13 bits per heavy atom. The van der Waals surface area contributed by atoms with Crippen LogP contribution in [0.3, 0.4) is 0 Å². The zero-order chi connectivity index (χ0) is 28.7. The molecule has 2 fully saturated rings. The molecule has 2 saturated carbocycles. The van der Waals surface area contributed by atoms with Crippen molar-refractivity contribution >= 4 is 23.4 Å². The normalized spacial score (nSPS) is 39.7. The van der Waals surface area contributed by atoms with E-state index in [1.165, 1.54) is 6.92 Å². The first-order chi connectivity index (χ1) is 18.3. The molecule has 1 aromatic carbocycles. The number of aliphatic hydroxyl groups is 3. The lowest BCUT2D eigenvalue weighted by Gasteiger charge is -2.52. The van der Waals surface area contributed by atoms with Gasteiger partial charge in [0.05, 0.1) is 29.8 Å². The number of hydrogen-bond acceptors (Lipinski definition) is 9. The van der Waals surface area contributed by atoms with Crippen LogP contribution < -0.4 is 5.32 Å². The molecule has 0 saturated heterocycles. The van der Waals surface area contributed by atoms with E-state index in [0.29, 0.717) is 11.3 Å². The number of fused-ring (bicyclic) bond motifs is 5. The third-order valence-corrected chi connectivity index (χ3v) is 9.96. The van der Waals surface area contributed by atoms with Crippen molar-refractivity contribution in [2.45, 2.75) is 58.0 Å². The van der Waals surface area contributed by atoms with Crippen LogP contribution in [0.5, 0.6) is 0 Å². The van der Waals surface area contributed by atoms with Gasteiger partial charge in [-0.05, 0) is 30.2 Å². The maximum absolute atomic E-state index is 13.6. The SMILES string of the molecule is CNc1ccccc1C(=O)O[C@@H]1[C@@H](C)[C@]2(O)[C@H]3C=C(C)C(=O)[C@H]3[C@H](O)C(CO)=C[C@H]2[C@@H]2C(C)(C)[C@]12OC(C)=O. The van der Waals surface area contributed by atoms with Crippen LogP contribution in [0, 0.1) is 35.0 Å². The maximum Gasteiger partial charge on any atom is 0.340 e. The average molecular weight is 540 g/mol. The van der Waals surface area contributed by atoms with Crippen LogP contribution in [0.1, 0.15) is 45.0 Å². The Morgan fingerprint density at radius 2 is 1.79 bits per heavy atom. The first-order valence-corrected chi connectivity index (χ1v) is 13.4. The molecule has 0 unspecified atom stereocenters. The molecule has 0 amide bonds. The highest BCUT2D eigenvalue weighted by atomic mass is 16.6. The molecule has 0 radical (unpaired) electrons. The number of aliphatic hydroxyl groups excluding tert-OH is 2. The highest BCUT2D eigenvalue weighted by Gasteiger charge is 2.87. The summed E-state index contributed by atoms with van der Waals surface area (Å²) in [4.78, 5) is 39.3. The summed E-state index contributed by atoms with van der Waals surface area (Å²) >= 11 is 0. The Balaban J connectivity index is 1.69. The Kier molecular flexibility index (Phi) is 6.36. The van der Waals surface area contributed by atoms with Crippen molar-refractivity contribution in [2.75, 3.05) is 19.0 Å². The summed E-state index contributed by atoms with van der Waals surface area (Å²) in [5, 5.41) is 37.1. The Hall–Kier alpha value is -3.01. The molecule has 0 heterocycles. The van der Waals surface area contributed by atoms with Crippen molar-refractivity contribution in [1.29, 1.82) is 0 Å². The Bertz CT molecular complexity index is 1300. The van der Waals surface area contributed by atoms with Crippen molar-refractivity contribution in [2.24, 2.45) is 35.0 Å². The molecule has 9 nitrogen and oxygen atoms in total. The fraction of sp³-hybridized carbons (Fsp3) is 0.567. The molecular formula is C30H37NO8.